The summed E-state index contributed by atoms with van der Waals surface area (Å²) in [5.41, 5.74) is 5.73. The first-order valence-electron chi connectivity index (χ1n) is 10.9. The van der Waals surface area contributed by atoms with Crippen molar-refractivity contribution in [1.29, 1.82) is 0 Å². The van der Waals surface area contributed by atoms with Crippen LogP contribution in [0.1, 0.15) is 28.4 Å². The number of nitrogens with one attached hydrogen (secondary N) is 1. The summed E-state index contributed by atoms with van der Waals surface area (Å²) in [5, 5.41) is 4.76. The summed E-state index contributed by atoms with van der Waals surface area (Å²) in [5.74, 6) is 0.846. The van der Waals surface area contributed by atoms with E-state index in [0.717, 1.165) is 16.8 Å². The minimum atomic E-state index is -0.300. The molecule has 1 N–H and O–H groups in total. The highest BCUT2D eigenvalue weighted by Gasteiger charge is 2.13. The first kappa shape index (κ1) is 24.6. The Bertz CT molecular complexity index is 1320. The first-order valence-corrected chi connectivity index (χ1v) is 12.1. The van der Waals surface area contributed by atoms with Crippen molar-refractivity contribution in [3.63, 3.8) is 0 Å². The number of halogens is 2. The predicted molar refractivity (Wildman–Crippen MR) is 142 cm³/mol. The van der Waals surface area contributed by atoms with Gasteiger partial charge in [-0.3, -0.25) is 4.79 Å². The van der Waals surface area contributed by atoms with E-state index in [4.69, 9.17) is 21.1 Å². The van der Waals surface area contributed by atoms with E-state index in [1.807, 2.05) is 84.5 Å². The van der Waals surface area contributed by atoms with E-state index in [9.17, 15) is 4.79 Å². The van der Waals surface area contributed by atoms with Crippen LogP contribution < -0.4 is 14.9 Å². The van der Waals surface area contributed by atoms with Crippen molar-refractivity contribution in [3.05, 3.63) is 111 Å². The van der Waals surface area contributed by atoms with Gasteiger partial charge in [-0.2, -0.15) is 5.10 Å². The molecule has 0 atom stereocenters. The molecular formula is C27H23BrClN3O3. The molecule has 0 aliphatic heterocycles. The number of aromatic nitrogens is 1. The van der Waals surface area contributed by atoms with Crippen LogP contribution >= 0.6 is 27.5 Å². The zero-order valence-electron chi connectivity index (χ0n) is 18.9. The second-order valence-corrected chi connectivity index (χ2v) is 8.81. The molecule has 0 bridgehead atoms. The van der Waals surface area contributed by atoms with Crippen molar-refractivity contribution in [3.8, 4) is 17.2 Å². The average molecular weight is 553 g/mol. The van der Waals surface area contributed by atoms with E-state index in [0.29, 0.717) is 39.8 Å². The van der Waals surface area contributed by atoms with Crippen LogP contribution in [0.4, 0.5) is 0 Å². The van der Waals surface area contributed by atoms with Gasteiger partial charge < -0.3 is 14.0 Å². The highest BCUT2D eigenvalue weighted by Crippen LogP contribution is 2.37. The fraction of sp³-hybridized carbons (Fsp3) is 0.111. The number of ether oxygens (including phenoxy) is 2. The lowest BCUT2D eigenvalue weighted by Gasteiger charge is -2.15. The van der Waals surface area contributed by atoms with Crippen LogP contribution in [0.2, 0.25) is 5.02 Å². The molecule has 0 saturated heterocycles. The van der Waals surface area contributed by atoms with Crippen LogP contribution in [0, 0.1) is 0 Å². The Hall–Kier alpha value is -3.55. The van der Waals surface area contributed by atoms with E-state index in [2.05, 4.69) is 26.5 Å². The van der Waals surface area contributed by atoms with Crippen molar-refractivity contribution < 1.29 is 14.3 Å². The Morgan fingerprint density at radius 1 is 1.06 bits per heavy atom. The maximum Gasteiger partial charge on any atom is 0.271 e. The molecule has 4 aromatic rings. The average Bonchev–Trinajstić information content (AvgIpc) is 3.39. The van der Waals surface area contributed by atoms with Gasteiger partial charge in [-0.15, -0.1) is 0 Å². The number of carbonyl (C=O) groups is 1. The Labute approximate surface area is 217 Å². The molecule has 3 aromatic carbocycles. The molecule has 0 saturated carbocycles. The van der Waals surface area contributed by atoms with Crippen molar-refractivity contribution in [2.45, 2.75) is 13.5 Å². The lowest BCUT2D eigenvalue weighted by molar-refractivity contribution is 0.0955. The van der Waals surface area contributed by atoms with Crippen LogP contribution in [-0.2, 0) is 6.61 Å². The molecule has 6 nitrogen and oxygen atoms in total. The SMILES string of the molecule is CCOc1cc(C=NNC(=O)c2ccc(-n3cccc3)cc2)cc(Br)c1OCc1cccc(Cl)c1. The highest BCUT2D eigenvalue weighted by atomic mass is 79.9. The number of nitrogens with zero attached hydrogens (tertiary/aromatic N) is 2. The minimum Gasteiger partial charge on any atom is -0.490 e. The molecule has 1 heterocycles. The summed E-state index contributed by atoms with van der Waals surface area (Å²) >= 11 is 9.62. The Morgan fingerprint density at radius 3 is 2.54 bits per heavy atom. The van der Waals surface area contributed by atoms with E-state index < -0.39 is 0 Å². The molecule has 0 aliphatic carbocycles. The molecule has 1 amide bonds. The van der Waals surface area contributed by atoms with Gasteiger partial charge in [-0.1, -0.05) is 23.7 Å². The van der Waals surface area contributed by atoms with Crippen LogP contribution in [0.3, 0.4) is 0 Å². The van der Waals surface area contributed by atoms with E-state index >= 15 is 0 Å². The molecule has 0 spiro atoms. The smallest absolute Gasteiger partial charge is 0.271 e. The van der Waals surface area contributed by atoms with Crippen molar-refractivity contribution in [1.82, 2.24) is 9.99 Å². The van der Waals surface area contributed by atoms with Gasteiger partial charge in [-0.05, 0) is 94.6 Å². The Morgan fingerprint density at radius 2 is 1.83 bits per heavy atom. The molecule has 178 valence electrons. The normalized spacial score (nSPS) is 10.9. The lowest BCUT2D eigenvalue weighted by Crippen LogP contribution is -2.17. The number of hydrazone groups is 1. The second-order valence-electron chi connectivity index (χ2n) is 7.52. The molecule has 1 aromatic heterocycles. The van der Waals surface area contributed by atoms with Crippen LogP contribution in [-0.4, -0.2) is 23.3 Å². The fourth-order valence-corrected chi connectivity index (χ4v) is 4.16. The number of amides is 1. The number of carbonyl (C=O) groups excluding carboxylic acids is 1. The molecular weight excluding hydrogens is 530 g/mol. The molecule has 0 unspecified atom stereocenters. The minimum absolute atomic E-state index is 0.300. The largest absolute Gasteiger partial charge is 0.490 e. The second kappa shape index (κ2) is 11.7. The number of hydrogen-bond acceptors (Lipinski definition) is 4. The summed E-state index contributed by atoms with van der Waals surface area (Å²) in [7, 11) is 0. The highest BCUT2D eigenvalue weighted by molar-refractivity contribution is 9.10. The molecule has 0 aliphatic rings. The third-order valence-electron chi connectivity index (χ3n) is 5.02. The summed E-state index contributed by atoms with van der Waals surface area (Å²) in [4.78, 5) is 12.5. The molecule has 0 fully saturated rings. The summed E-state index contributed by atoms with van der Waals surface area (Å²) < 4.78 is 14.5. The molecule has 0 radical (unpaired) electrons. The van der Waals surface area contributed by atoms with Crippen molar-refractivity contribution >= 4 is 39.7 Å². The summed E-state index contributed by atoms with van der Waals surface area (Å²) in [6, 6.07) is 22.3. The third-order valence-corrected chi connectivity index (χ3v) is 5.84. The zero-order valence-corrected chi connectivity index (χ0v) is 21.3. The predicted octanol–water partition coefficient (Wildman–Crippen LogP) is 6.63. The van der Waals surface area contributed by atoms with Crippen LogP contribution in [0.25, 0.3) is 5.69 Å². The van der Waals surface area contributed by atoms with Crippen LogP contribution in [0.5, 0.6) is 11.5 Å². The topological polar surface area (TPSA) is 64.8 Å². The quantitative estimate of drug-likeness (QED) is 0.187. The van der Waals surface area contributed by atoms with Crippen molar-refractivity contribution in [2.75, 3.05) is 6.61 Å². The van der Waals surface area contributed by atoms with Gasteiger partial charge >= 0.3 is 0 Å². The monoisotopic (exact) mass is 551 g/mol. The van der Waals surface area contributed by atoms with Gasteiger partial charge in [0.25, 0.3) is 5.91 Å². The maximum atomic E-state index is 12.5. The summed E-state index contributed by atoms with van der Waals surface area (Å²) in [6.45, 7) is 2.71. The number of benzene rings is 3. The third kappa shape index (κ3) is 6.53. The standard InChI is InChI=1S/C27H23BrClN3O3/c1-2-34-25-16-20(15-24(28)26(25)35-18-19-6-5-7-22(29)14-19)17-30-31-27(33)21-8-10-23(11-9-21)32-12-3-4-13-32/h3-17H,2,18H2,1H3,(H,31,33). The van der Waals surface area contributed by atoms with Gasteiger partial charge in [0.1, 0.15) is 6.61 Å². The van der Waals surface area contributed by atoms with E-state index in [1.165, 1.54) is 0 Å². The Balaban J connectivity index is 1.42. The Kier molecular flexibility index (Phi) is 8.23. The zero-order chi connectivity index (χ0) is 24.6. The first-order chi connectivity index (χ1) is 17.0. The maximum absolute atomic E-state index is 12.5. The van der Waals surface area contributed by atoms with E-state index in [1.54, 1.807) is 18.3 Å². The number of rotatable bonds is 9. The lowest BCUT2D eigenvalue weighted by atomic mass is 10.2. The molecule has 8 heteroatoms. The van der Waals surface area contributed by atoms with Gasteiger partial charge in [0.2, 0.25) is 0 Å². The van der Waals surface area contributed by atoms with E-state index in [-0.39, 0.29) is 5.91 Å². The van der Waals surface area contributed by atoms with Gasteiger partial charge in [0, 0.05) is 28.7 Å². The van der Waals surface area contributed by atoms with Gasteiger partial charge in [0.15, 0.2) is 11.5 Å². The van der Waals surface area contributed by atoms with Gasteiger partial charge in [-0.25, -0.2) is 5.43 Å². The fourth-order valence-electron chi connectivity index (χ4n) is 3.37. The molecule has 35 heavy (non-hydrogen) atoms. The van der Waals surface area contributed by atoms with Crippen molar-refractivity contribution in [2.24, 2.45) is 5.10 Å². The summed E-state index contributed by atoms with van der Waals surface area (Å²) in [6.07, 6.45) is 5.45. The van der Waals surface area contributed by atoms with Gasteiger partial charge in [0.05, 0.1) is 17.3 Å². The number of hydrogen-bond donors (Lipinski definition) is 1. The van der Waals surface area contributed by atoms with Crippen LogP contribution in [0.15, 0.2) is 94.8 Å². The molecule has 4 rings (SSSR count).